The number of halogens is 3. The van der Waals surface area contributed by atoms with E-state index in [-0.39, 0.29) is 32.6 Å². The van der Waals surface area contributed by atoms with E-state index >= 15 is 0 Å². The smallest absolute Gasteiger partial charge is 0.300 e. The van der Waals surface area contributed by atoms with Gasteiger partial charge in [-0.2, -0.15) is 0 Å². The van der Waals surface area contributed by atoms with E-state index in [1.54, 1.807) is 24.3 Å². The standard InChI is InChI=1S/C25H18Cl2FNO5/c1-33-17-8-6-13(7-9-17)21-20(22(30)14-10-18(26)24(34-2)19(27)11-14)23(31)25(32)29(21)16-5-3-4-15(28)12-16/h3-12,21,30H,1-2H3/b22-20+. The van der Waals surface area contributed by atoms with Crippen LogP contribution in [0.5, 0.6) is 11.5 Å². The van der Waals surface area contributed by atoms with Crippen molar-refractivity contribution in [3.8, 4) is 11.5 Å². The average molecular weight is 502 g/mol. The molecule has 4 rings (SSSR count). The van der Waals surface area contributed by atoms with Gasteiger partial charge in [0.1, 0.15) is 17.3 Å². The highest BCUT2D eigenvalue weighted by Crippen LogP contribution is 2.44. The van der Waals surface area contributed by atoms with Gasteiger partial charge in [0.05, 0.1) is 35.9 Å². The van der Waals surface area contributed by atoms with Gasteiger partial charge in [0.2, 0.25) is 0 Å². The molecule has 0 saturated carbocycles. The number of rotatable bonds is 5. The highest BCUT2D eigenvalue weighted by molar-refractivity contribution is 6.51. The Balaban J connectivity index is 1.95. The van der Waals surface area contributed by atoms with Crippen molar-refractivity contribution in [2.24, 2.45) is 0 Å². The van der Waals surface area contributed by atoms with Crippen molar-refractivity contribution in [1.82, 2.24) is 0 Å². The van der Waals surface area contributed by atoms with Crippen molar-refractivity contribution in [2.45, 2.75) is 6.04 Å². The Morgan fingerprint density at radius 2 is 1.62 bits per heavy atom. The monoisotopic (exact) mass is 501 g/mol. The lowest BCUT2D eigenvalue weighted by Crippen LogP contribution is -2.29. The van der Waals surface area contributed by atoms with E-state index in [1.165, 1.54) is 44.6 Å². The van der Waals surface area contributed by atoms with Crippen LogP contribution in [0.1, 0.15) is 17.2 Å². The quantitative estimate of drug-likeness (QED) is 0.272. The van der Waals surface area contributed by atoms with Gasteiger partial charge in [-0.1, -0.05) is 41.4 Å². The summed E-state index contributed by atoms with van der Waals surface area (Å²) in [6.07, 6.45) is 0. The molecule has 9 heteroatoms. The lowest BCUT2D eigenvalue weighted by Gasteiger charge is -2.25. The fraction of sp³-hybridized carbons (Fsp3) is 0.120. The van der Waals surface area contributed by atoms with Crippen LogP contribution in [0.3, 0.4) is 0 Å². The highest BCUT2D eigenvalue weighted by Gasteiger charge is 2.47. The van der Waals surface area contributed by atoms with Crippen LogP contribution < -0.4 is 14.4 Å². The molecule has 34 heavy (non-hydrogen) atoms. The number of carbonyl (C=O) groups excluding carboxylic acids is 2. The maximum Gasteiger partial charge on any atom is 0.300 e. The van der Waals surface area contributed by atoms with Crippen molar-refractivity contribution in [3.63, 3.8) is 0 Å². The number of aliphatic hydroxyl groups excluding tert-OH is 1. The molecule has 0 radical (unpaired) electrons. The molecule has 1 heterocycles. The number of ether oxygens (including phenoxy) is 2. The third-order valence-corrected chi connectivity index (χ3v) is 6.00. The predicted octanol–water partition coefficient (Wildman–Crippen LogP) is 5.78. The van der Waals surface area contributed by atoms with E-state index in [2.05, 4.69) is 0 Å². The Morgan fingerprint density at radius 3 is 2.18 bits per heavy atom. The van der Waals surface area contributed by atoms with E-state index in [9.17, 15) is 19.1 Å². The lowest BCUT2D eigenvalue weighted by atomic mass is 9.95. The van der Waals surface area contributed by atoms with Gasteiger partial charge in [-0.3, -0.25) is 14.5 Å². The minimum absolute atomic E-state index is 0.108. The second-order valence-electron chi connectivity index (χ2n) is 7.40. The van der Waals surface area contributed by atoms with Gasteiger partial charge >= 0.3 is 0 Å². The summed E-state index contributed by atoms with van der Waals surface area (Å²) in [5, 5.41) is 11.4. The number of ketones is 1. The van der Waals surface area contributed by atoms with Gasteiger partial charge in [0.15, 0.2) is 5.75 Å². The van der Waals surface area contributed by atoms with Crippen molar-refractivity contribution in [2.75, 3.05) is 19.1 Å². The SMILES string of the molecule is COc1ccc(C2/C(=C(\O)c3cc(Cl)c(OC)c(Cl)c3)C(=O)C(=O)N2c2cccc(F)c2)cc1. The molecule has 1 amide bonds. The summed E-state index contributed by atoms with van der Waals surface area (Å²) >= 11 is 12.4. The van der Waals surface area contributed by atoms with Gasteiger partial charge in [-0.15, -0.1) is 0 Å². The van der Waals surface area contributed by atoms with Crippen molar-refractivity contribution >= 4 is 46.3 Å². The Bertz CT molecular complexity index is 1300. The third-order valence-electron chi connectivity index (χ3n) is 5.44. The molecule has 0 bridgehead atoms. The number of amides is 1. The summed E-state index contributed by atoms with van der Waals surface area (Å²) < 4.78 is 24.3. The number of methoxy groups -OCH3 is 2. The first-order valence-corrected chi connectivity index (χ1v) is 10.8. The zero-order valence-corrected chi connectivity index (χ0v) is 19.5. The number of carbonyl (C=O) groups is 2. The van der Waals surface area contributed by atoms with E-state index in [1.807, 2.05) is 0 Å². The molecule has 174 valence electrons. The van der Waals surface area contributed by atoms with Crippen molar-refractivity contribution in [3.05, 3.63) is 93.2 Å². The lowest BCUT2D eigenvalue weighted by molar-refractivity contribution is -0.132. The minimum Gasteiger partial charge on any atom is -0.507 e. The number of nitrogens with zero attached hydrogens (tertiary/aromatic N) is 1. The van der Waals surface area contributed by atoms with Crippen LogP contribution in [-0.2, 0) is 9.59 Å². The first kappa shape index (κ1) is 23.6. The third kappa shape index (κ3) is 4.08. The van der Waals surface area contributed by atoms with Crippen LogP contribution in [0.4, 0.5) is 10.1 Å². The summed E-state index contributed by atoms with van der Waals surface area (Å²) in [7, 11) is 2.89. The van der Waals surface area contributed by atoms with E-state index < -0.39 is 29.3 Å². The molecule has 0 aliphatic carbocycles. The maximum atomic E-state index is 14.0. The summed E-state index contributed by atoms with van der Waals surface area (Å²) in [6, 6.07) is 13.6. The largest absolute Gasteiger partial charge is 0.507 e. The number of hydrogen-bond donors (Lipinski definition) is 1. The molecule has 6 nitrogen and oxygen atoms in total. The van der Waals surface area contributed by atoms with Crippen LogP contribution in [0.2, 0.25) is 10.0 Å². The fourth-order valence-electron chi connectivity index (χ4n) is 3.87. The molecule has 1 saturated heterocycles. The molecular weight excluding hydrogens is 484 g/mol. The maximum absolute atomic E-state index is 14.0. The fourth-order valence-corrected chi connectivity index (χ4v) is 4.51. The number of Topliss-reactive ketones (excluding diaryl/α,β-unsaturated/α-hetero) is 1. The van der Waals surface area contributed by atoms with Gasteiger partial charge < -0.3 is 14.6 Å². The molecule has 0 spiro atoms. The number of benzene rings is 3. The topological polar surface area (TPSA) is 76.1 Å². The Kier molecular flexibility index (Phi) is 6.50. The molecule has 0 aromatic heterocycles. The zero-order valence-electron chi connectivity index (χ0n) is 18.0. The molecule has 1 unspecified atom stereocenters. The highest BCUT2D eigenvalue weighted by atomic mass is 35.5. The molecule has 1 aliphatic heterocycles. The van der Waals surface area contributed by atoms with Crippen LogP contribution in [0.15, 0.2) is 66.2 Å². The number of hydrogen-bond acceptors (Lipinski definition) is 5. The van der Waals surface area contributed by atoms with Gasteiger partial charge in [-0.25, -0.2) is 4.39 Å². The molecule has 1 aliphatic rings. The number of anilines is 1. The summed E-state index contributed by atoms with van der Waals surface area (Å²) in [5.74, 6) is -2.16. The first-order chi connectivity index (χ1) is 16.3. The van der Waals surface area contributed by atoms with Crippen LogP contribution in [0, 0.1) is 5.82 Å². The zero-order chi connectivity index (χ0) is 24.6. The van der Waals surface area contributed by atoms with E-state index in [0.29, 0.717) is 11.3 Å². The van der Waals surface area contributed by atoms with Gasteiger partial charge in [0, 0.05) is 11.3 Å². The minimum atomic E-state index is -1.05. The molecule has 1 atom stereocenters. The van der Waals surface area contributed by atoms with E-state index in [0.717, 1.165) is 11.0 Å². The van der Waals surface area contributed by atoms with Crippen molar-refractivity contribution in [1.29, 1.82) is 0 Å². The average Bonchev–Trinajstić information content (AvgIpc) is 3.09. The second-order valence-corrected chi connectivity index (χ2v) is 8.21. The van der Waals surface area contributed by atoms with Crippen LogP contribution >= 0.6 is 23.2 Å². The molecule has 3 aromatic rings. The van der Waals surface area contributed by atoms with Crippen molar-refractivity contribution < 1.29 is 28.6 Å². The predicted molar refractivity (Wildman–Crippen MR) is 127 cm³/mol. The Hall–Kier alpha value is -3.55. The number of aliphatic hydroxyl groups is 1. The second kappa shape index (κ2) is 9.37. The summed E-state index contributed by atoms with van der Waals surface area (Å²) in [6.45, 7) is 0. The first-order valence-electron chi connectivity index (χ1n) is 10.0. The molecular formula is C25H18Cl2FNO5. The van der Waals surface area contributed by atoms with Crippen LogP contribution in [0.25, 0.3) is 5.76 Å². The van der Waals surface area contributed by atoms with Crippen LogP contribution in [-0.4, -0.2) is 31.0 Å². The summed E-state index contributed by atoms with van der Waals surface area (Å²) in [5.41, 5.74) is 0.576. The Labute approximate surface area is 204 Å². The van der Waals surface area contributed by atoms with Gasteiger partial charge in [-0.05, 0) is 48.0 Å². The molecule has 3 aromatic carbocycles. The normalized spacial score (nSPS) is 17.2. The van der Waals surface area contributed by atoms with E-state index in [4.69, 9.17) is 32.7 Å². The summed E-state index contributed by atoms with van der Waals surface area (Å²) in [4.78, 5) is 27.4. The van der Waals surface area contributed by atoms with Gasteiger partial charge in [0.25, 0.3) is 11.7 Å². The molecule has 1 N–H and O–H groups in total. The molecule has 1 fully saturated rings. The Morgan fingerprint density at radius 1 is 0.971 bits per heavy atom.